The van der Waals surface area contributed by atoms with Crippen molar-refractivity contribution < 1.29 is 9.90 Å². The van der Waals surface area contributed by atoms with Gasteiger partial charge in [0.2, 0.25) is 0 Å². The van der Waals surface area contributed by atoms with Gasteiger partial charge in [0.05, 0.1) is 0 Å². The number of aliphatic carboxylic acids is 1. The van der Waals surface area contributed by atoms with Crippen molar-refractivity contribution in [2.45, 2.75) is 38.3 Å². The van der Waals surface area contributed by atoms with Gasteiger partial charge < -0.3 is 5.11 Å². The predicted octanol–water partition coefficient (Wildman–Crippen LogP) is 1.33. The Morgan fingerprint density at radius 3 is 2.46 bits per heavy atom. The Balaban J connectivity index is 2.74. The summed E-state index contributed by atoms with van der Waals surface area (Å²) < 4.78 is 0. The van der Waals surface area contributed by atoms with Crippen LogP contribution in [0, 0.1) is 0 Å². The van der Waals surface area contributed by atoms with Gasteiger partial charge in [-0.25, -0.2) is 0 Å². The maximum Gasteiger partial charge on any atom is 0.324 e. The molecule has 1 unspecified atom stereocenters. The molecule has 0 radical (unpaired) electrons. The van der Waals surface area contributed by atoms with Gasteiger partial charge in [-0.3, -0.25) is 10.1 Å². The lowest BCUT2D eigenvalue weighted by Crippen LogP contribution is -2.59. The first kappa shape index (κ1) is 10.9. The fourth-order valence-electron chi connectivity index (χ4n) is 1.60. The third-order valence-corrected chi connectivity index (χ3v) is 3.24. The maximum atomic E-state index is 11.1. The molecular formula is C9H17NO2S. The zero-order valence-corrected chi connectivity index (χ0v) is 9.20. The first-order chi connectivity index (χ1) is 5.86. The molecule has 1 fully saturated rings. The summed E-state index contributed by atoms with van der Waals surface area (Å²) in [6.07, 6.45) is 0.726. The number of nitrogens with one attached hydrogen (secondary N) is 1. The van der Waals surface area contributed by atoms with E-state index in [0.717, 1.165) is 12.2 Å². The summed E-state index contributed by atoms with van der Waals surface area (Å²) in [6.45, 7) is 6.00. The molecule has 0 aliphatic carbocycles. The highest BCUT2D eigenvalue weighted by Crippen LogP contribution is 2.30. The van der Waals surface area contributed by atoms with E-state index in [4.69, 9.17) is 5.11 Å². The zero-order chi connectivity index (χ0) is 10.1. The Bertz CT molecular complexity index is 204. The molecule has 76 valence electrons. The number of thioether (sulfide) groups is 1. The second kappa shape index (κ2) is 3.50. The molecular weight excluding hydrogens is 186 g/mol. The molecule has 0 bridgehead atoms. The van der Waals surface area contributed by atoms with E-state index in [2.05, 4.69) is 5.32 Å². The maximum absolute atomic E-state index is 11.1. The highest BCUT2D eigenvalue weighted by Gasteiger charge is 2.43. The molecule has 0 aromatic carbocycles. The molecule has 0 aromatic heterocycles. The summed E-state index contributed by atoms with van der Waals surface area (Å²) in [5.74, 6) is 0.905. The van der Waals surface area contributed by atoms with Crippen LogP contribution >= 0.6 is 11.8 Å². The molecule has 0 saturated carbocycles. The van der Waals surface area contributed by atoms with E-state index in [1.807, 2.05) is 20.8 Å². The van der Waals surface area contributed by atoms with E-state index < -0.39 is 11.5 Å². The monoisotopic (exact) mass is 203 g/mol. The SMILES string of the molecule is CC(C)(C)NC1(C(=O)O)CCSC1. The van der Waals surface area contributed by atoms with Gasteiger partial charge in [-0.2, -0.15) is 11.8 Å². The molecule has 13 heavy (non-hydrogen) atoms. The molecule has 2 N–H and O–H groups in total. The van der Waals surface area contributed by atoms with Crippen LogP contribution in [0.25, 0.3) is 0 Å². The minimum atomic E-state index is -0.715. The predicted molar refractivity (Wildman–Crippen MR) is 55.2 cm³/mol. The molecule has 0 aromatic rings. The molecule has 1 saturated heterocycles. The van der Waals surface area contributed by atoms with Gasteiger partial charge in [0.25, 0.3) is 0 Å². The van der Waals surface area contributed by atoms with Gasteiger partial charge in [0, 0.05) is 11.3 Å². The van der Waals surface area contributed by atoms with Crippen molar-refractivity contribution >= 4 is 17.7 Å². The largest absolute Gasteiger partial charge is 0.480 e. The van der Waals surface area contributed by atoms with Crippen molar-refractivity contribution in [3.05, 3.63) is 0 Å². The highest BCUT2D eigenvalue weighted by molar-refractivity contribution is 7.99. The molecule has 1 heterocycles. The summed E-state index contributed by atoms with van der Waals surface area (Å²) in [4.78, 5) is 11.1. The average molecular weight is 203 g/mol. The van der Waals surface area contributed by atoms with Crippen LogP contribution in [0.4, 0.5) is 0 Å². The molecule has 4 heteroatoms. The summed E-state index contributed by atoms with van der Waals surface area (Å²) in [5.41, 5.74) is -0.827. The van der Waals surface area contributed by atoms with Crippen LogP contribution in [0.2, 0.25) is 0 Å². The third kappa shape index (κ3) is 2.61. The molecule has 1 atom stereocenters. The normalized spacial score (nSPS) is 29.2. The molecule has 1 rings (SSSR count). The molecule has 1 aliphatic heterocycles. The molecule has 0 spiro atoms. The van der Waals surface area contributed by atoms with Gasteiger partial charge >= 0.3 is 5.97 Å². The number of carbonyl (C=O) groups is 1. The summed E-state index contributed by atoms with van der Waals surface area (Å²) in [5, 5.41) is 12.4. The zero-order valence-electron chi connectivity index (χ0n) is 8.39. The summed E-state index contributed by atoms with van der Waals surface area (Å²) in [6, 6.07) is 0. The number of rotatable bonds is 2. The van der Waals surface area contributed by atoms with E-state index in [0.29, 0.717) is 5.75 Å². The van der Waals surface area contributed by atoms with Crippen LogP contribution < -0.4 is 5.32 Å². The van der Waals surface area contributed by atoms with Crippen LogP contribution in [0.3, 0.4) is 0 Å². The van der Waals surface area contributed by atoms with Gasteiger partial charge in [0.15, 0.2) is 0 Å². The average Bonchev–Trinajstić information content (AvgIpc) is 2.33. The molecule has 0 amide bonds. The Hall–Kier alpha value is -0.220. The lowest BCUT2D eigenvalue weighted by atomic mass is 9.94. The van der Waals surface area contributed by atoms with Gasteiger partial charge in [0.1, 0.15) is 5.54 Å². The van der Waals surface area contributed by atoms with Gasteiger partial charge in [-0.15, -0.1) is 0 Å². The first-order valence-corrected chi connectivity index (χ1v) is 5.62. The fraction of sp³-hybridized carbons (Fsp3) is 0.889. The highest BCUT2D eigenvalue weighted by atomic mass is 32.2. The first-order valence-electron chi connectivity index (χ1n) is 4.46. The Morgan fingerprint density at radius 1 is 1.54 bits per heavy atom. The second-order valence-electron chi connectivity index (χ2n) is 4.56. The minimum absolute atomic E-state index is 0.136. The van der Waals surface area contributed by atoms with Crippen molar-refractivity contribution in [2.24, 2.45) is 0 Å². The standard InChI is InChI=1S/C9H17NO2S/c1-8(2,3)10-9(7(11)12)4-5-13-6-9/h10H,4-6H2,1-3H3,(H,11,12). The van der Waals surface area contributed by atoms with Crippen LogP contribution in [0.15, 0.2) is 0 Å². The van der Waals surface area contributed by atoms with Crippen molar-refractivity contribution in [1.29, 1.82) is 0 Å². The van der Waals surface area contributed by atoms with Crippen LogP contribution in [-0.4, -0.2) is 33.7 Å². The summed E-state index contributed by atoms with van der Waals surface area (Å²) in [7, 11) is 0. The number of hydrogen-bond donors (Lipinski definition) is 2. The van der Waals surface area contributed by atoms with Crippen molar-refractivity contribution in [3.63, 3.8) is 0 Å². The van der Waals surface area contributed by atoms with Gasteiger partial charge in [-0.1, -0.05) is 0 Å². The van der Waals surface area contributed by atoms with E-state index in [1.165, 1.54) is 0 Å². The van der Waals surface area contributed by atoms with Gasteiger partial charge in [-0.05, 0) is 32.9 Å². The van der Waals surface area contributed by atoms with E-state index in [1.54, 1.807) is 11.8 Å². The number of carboxylic acids is 1. The minimum Gasteiger partial charge on any atom is -0.480 e. The van der Waals surface area contributed by atoms with Crippen molar-refractivity contribution in [1.82, 2.24) is 5.32 Å². The number of carboxylic acid groups (broad SMARTS) is 1. The van der Waals surface area contributed by atoms with E-state index in [9.17, 15) is 4.79 Å². The van der Waals surface area contributed by atoms with Crippen molar-refractivity contribution in [2.75, 3.05) is 11.5 Å². The Kier molecular flexibility index (Phi) is 2.92. The lowest BCUT2D eigenvalue weighted by Gasteiger charge is -2.33. The third-order valence-electron chi connectivity index (χ3n) is 2.05. The van der Waals surface area contributed by atoms with E-state index >= 15 is 0 Å². The molecule has 1 aliphatic rings. The topological polar surface area (TPSA) is 49.3 Å². The quantitative estimate of drug-likeness (QED) is 0.711. The van der Waals surface area contributed by atoms with Crippen LogP contribution in [0.1, 0.15) is 27.2 Å². The number of hydrogen-bond acceptors (Lipinski definition) is 3. The van der Waals surface area contributed by atoms with E-state index in [-0.39, 0.29) is 5.54 Å². The van der Waals surface area contributed by atoms with Crippen LogP contribution in [-0.2, 0) is 4.79 Å². The Morgan fingerprint density at radius 2 is 2.15 bits per heavy atom. The molecule has 3 nitrogen and oxygen atoms in total. The fourth-order valence-corrected chi connectivity index (χ4v) is 2.93. The van der Waals surface area contributed by atoms with Crippen molar-refractivity contribution in [3.8, 4) is 0 Å². The smallest absolute Gasteiger partial charge is 0.324 e. The lowest BCUT2D eigenvalue weighted by molar-refractivity contribution is -0.144. The van der Waals surface area contributed by atoms with Crippen LogP contribution in [0.5, 0.6) is 0 Å². The Labute approximate surface area is 83.3 Å². The summed E-state index contributed by atoms with van der Waals surface area (Å²) >= 11 is 1.71. The second-order valence-corrected chi connectivity index (χ2v) is 5.67.